The van der Waals surface area contributed by atoms with E-state index < -0.39 is 27.5 Å². The topological polar surface area (TPSA) is 102 Å². The fraction of sp³-hybridized carbons (Fsp3) is 0.579. The first-order valence-electron chi connectivity index (χ1n) is 9.07. The highest BCUT2D eigenvalue weighted by atomic mass is 32.2. The van der Waals surface area contributed by atoms with E-state index in [1.807, 2.05) is 25.7 Å². The molecule has 28 heavy (non-hydrogen) atoms. The van der Waals surface area contributed by atoms with E-state index in [0.717, 1.165) is 6.26 Å². The molecule has 0 aliphatic carbocycles. The lowest BCUT2D eigenvalue weighted by Crippen LogP contribution is -2.46. The molecule has 8 nitrogen and oxygen atoms in total. The van der Waals surface area contributed by atoms with Crippen molar-refractivity contribution in [1.82, 2.24) is 5.32 Å². The number of rotatable bonds is 4. The number of sulfone groups is 1. The maximum absolute atomic E-state index is 12.1. The Bertz CT molecular complexity index is 836. The fourth-order valence-electron chi connectivity index (χ4n) is 3.05. The van der Waals surface area contributed by atoms with Crippen molar-refractivity contribution >= 4 is 27.6 Å². The van der Waals surface area contributed by atoms with Gasteiger partial charge in [-0.1, -0.05) is 0 Å². The minimum absolute atomic E-state index is 0.00480. The molecule has 0 radical (unpaired) electrons. The zero-order valence-corrected chi connectivity index (χ0v) is 17.8. The average molecular weight is 413 g/mol. The number of nitrogens with zero attached hydrogens (tertiary/aromatic N) is 1. The van der Waals surface area contributed by atoms with Crippen LogP contribution in [0.2, 0.25) is 0 Å². The molecular weight excluding hydrogens is 384 g/mol. The summed E-state index contributed by atoms with van der Waals surface area (Å²) in [7, 11) is -2.38. The first kappa shape index (κ1) is 22.0. The summed E-state index contributed by atoms with van der Waals surface area (Å²) in [5, 5.41) is 2.87. The first-order chi connectivity index (χ1) is 12.9. The number of esters is 1. The number of nitrogens with one attached hydrogen (secondary N) is 1. The van der Waals surface area contributed by atoms with Crippen LogP contribution in [0.15, 0.2) is 23.1 Å². The Kier molecular flexibility index (Phi) is 6.59. The van der Waals surface area contributed by atoms with Crippen LogP contribution in [0.1, 0.15) is 44.0 Å². The van der Waals surface area contributed by atoms with E-state index in [0.29, 0.717) is 31.6 Å². The predicted octanol–water partition coefficient (Wildman–Crippen LogP) is 2.37. The van der Waals surface area contributed by atoms with Crippen molar-refractivity contribution in [3.8, 4) is 0 Å². The van der Waals surface area contributed by atoms with E-state index >= 15 is 0 Å². The fourth-order valence-corrected chi connectivity index (χ4v) is 3.94. The maximum Gasteiger partial charge on any atom is 0.407 e. The molecular formula is C19H28N2O6S. The molecule has 1 aliphatic rings. The Morgan fingerprint density at radius 1 is 1.18 bits per heavy atom. The number of piperidine rings is 1. The monoisotopic (exact) mass is 412 g/mol. The van der Waals surface area contributed by atoms with Gasteiger partial charge in [-0.2, -0.15) is 0 Å². The summed E-state index contributed by atoms with van der Waals surface area (Å²) in [6.07, 6.45) is 2.03. The number of methoxy groups -OCH3 is 1. The number of benzene rings is 1. The van der Waals surface area contributed by atoms with E-state index in [4.69, 9.17) is 4.74 Å². The second-order valence-corrected chi connectivity index (χ2v) is 9.84. The normalized spacial score (nSPS) is 15.8. The molecule has 1 N–H and O–H groups in total. The van der Waals surface area contributed by atoms with Gasteiger partial charge in [0.05, 0.1) is 17.6 Å². The molecule has 0 aromatic heterocycles. The molecule has 9 heteroatoms. The molecule has 1 fully saturated rings. The summed E-state index contributed by atoms with van der Waals surface area (Å²) in [5.74, 6) is -0.688. The molecule has 1 saturated heterocycles. The van der Waals surface area contributed by atoms with Crippen LogP contribution in [0.5, 0.6) is 0 Å². The number of ether oxygens (including phenoxy) is 2. The second-order valence-electron chi connectivity index (χ2n) is 7.85. The van der Waals surface area contributed by atoms with Crippen LogP contribution in [-0.4, -0.2) is 58.6 Å². The van der Waals surface area contributed by atoms with Gasteiger partial charge in [0.1, 0.15) is 5.60 Å². The number of carbonyl (C=O) groups excluding carboxylic acids is 2. The zero-order chi connectivity index (χ0) is 21.1. The number of anilines is 1. The zero-order valence-electron chi connectivity index (χ0n) is 16.9. The molecule has 1 amide bonds. The average Bonchev–Trinajstić information content (AvgIpc) is 2.59. The van der Waals surface area contributed by atoms with Crippen molar-refractivity contribution in [2.24, 2.45) is 0 Å². The lowest BCUT2D eigenvalue weighted by atomic mass is 10.0. The van der Waals surface area contributed by atoms with Crippen molar-refractivity contribution in [1.29, 1.82) is 0 Å². The van der Waals surface area contributed by atoms with Gasteiger partial charge in [-0.15, -0.1) is 0 Å². The minimum Gasteiger partial charge on any atom is -0.465 e. The van der Waals surface area contributed by atoms with Gasteiger partial charge in [-0.3, -0.25) is 0 Å². The van der Waals surface area contributed by atoms with Crippen LogP contribution < -0.4 is 10.2 Å². The van der Waals surface area contributed by atoms with Crippen LogP contribution in [0, 0.1) is 0 Å². The van der Waals surface area contributed by atoms with Gasteiger partial charge in [0.25, 0.3) is 0 Å². The molecule has 0 bridgehead atoms. The number of hydrogen-bond acceptors (Lipinski definition) is 7. The highest BCUT2D eigenvalue weighted by molar-refractivity contribution is 7.90. The lowest BCUT2D eigenvalue weighted by Gasteiger charge is -2.34. The Morgan fingerprint density at radius 3 is 2.29 bits per heavy atom. The lowest BCUT2D eigenvalue weighted by molar-refractivity contribution is 0.0496. The van der Waals surface area contributed by atoms with E-state index in [9.17, 15) is 18.0 Å². The third-order valence-corrected chi connectivity index (χ3v) is 5.49. The largest absolute Gasteiger partial charge is 0.465 e. The second kappa shape index (κ2) is 8.38. The molecule has 1 aromatic carbocycles. The van der Waals surface area contributed by atoms with Crippen molar-refractivity contribution in [3.05, 3.63) is 23.8 Å². The van der Waals surface area contributed by atoms with Crippen molar-refractivity contribution in [2.75, 3.05) is 31.4 Å². The Balaban J connectivity index is 2.08. The van der Waals surface area contributed by atoms with Gasteiger partial charge in [0, 0.05) is 31.1 Å². The summed E-state index contributed by atoms with van der Waals surface area (Å²) < 4.78 is 34.2. The Labute approximate surface area is 166 Å². The van der Waals surface area contributed by atoms with E-state index in [1.54, 1.807) is 6.07 Å². The van der Waals surface area contributed by atoms with Crippen molar-refractivity contribution in [2.45, 2.75) is 50.2 Å². The molecule has 0 spiro atoms. The molecule has 2 rings (SSSR count). The summed E-state index contributed by atoms with van der Waals surface area (Å²) in [4.78, 5) is 25.7. The Morgan fingerprint density at radius 2 is 1.79 bits per heavy atom. The van der Waals surface area contributed by atoms with Gasteiger partial charge in [0.2, 0.25) is 0 Å². The summed E-state index contributed by atoms with van der Waals surface area (Å²) in [6.45, 7) is 6.72. The molecule has 1 heterocycles. The van der Waals surface area contributed by atoms with Gasteiger partial charge < -0.3 is 19.7 Å². The van der Waals surface area contributed by atoms with Crippen molar-refractivity contribution < 1.29 is 27.5 Å². The van der Waals surface area contributed by atoms with E-state index in [2.05, 4.69) is 10.1 Å². The molecule has 0 atom stereocenters. The highest BCUT2D eigenvalue weighted by Crippen LogP contribution is 2.26. The van der Waals surface area contributed by atoms with Gasteiger partial charge >= 0.3 is 12.1 Å². The minimum atomic E-state index is -3.59. The number of carbonyl (C=O) groups is 2. The van der Waals surface area contributed by atoms with E-state index in [1.165, 1.54) is 19.2 Å². The van der Waals surface area contributed by atoms with Gasteiger partial charge in [0.15, 0.2) is 9.84 Å². The van der Waals surface area contributed by atoms with E-state index in [-0.39, 0.29) is 16.5 Å². The number of amides is 1. The van der Waals surface area contributed by atoms with Crippen LogP contribution in [0.4, 0.5) is 10.5 Å². The van der Waals surface area contributed by atoms with Crippen LogP contribution in [0.25, 0.3) is 0 Å². The number of alkyl carbamates (subject to hydrolysis) is 1. The number of hydrogen-bond donors (Lipinski definition) is 1. The quantitative estimate of drug-likeness (QED) is 0.758. The summed E-state index contributed by atoms with van der Waals surface area (Å²) in [5.41, 5.74) is 0.188. The third-order valence-electron chi connectivity index (χ3n) is 4.35. The van der Waals surface area contributed by atoms with Crippen LogP contribution in [0.3, 0.4) is 0 Å². The van der Waals surface area contributed by atoms with Crippen LogP contribution >= 0.6 is 0 Å². The molecule has 156 valence electrons. The smallest absolute Gasteiger partial charge is 0.407 e. The Hall–Kier alpha value is -2.29. The van der Waals surface area contributed by atoms with Crippen LogP contribution in [-0.2, 0) is 19.3 Å². The maximum atomic E-state index is 12.1. The first-order valence-corrected chi connectivity index (χ1v) is 11.0. The predicted molar refractivity (Wildman–Crippen MR) is 105 cm³/mol. The van der Waals surface area contributed by atoms with Gasteiger partial charge in [-0.25, -0.2) is 18.0 Å². The summed E-state index contributed by atoms with van der Waals surface area (Å²) in [6, 6.07) is 4.68. The third kappa shape index (κ3) is 5.85. The molecule has 0 unspecified atom stereocenters. The highest BCUT2D eigenvalue weighted by Gasteiger charge is 2.26. The SMILES string of the molecule is COC(=O)c1ccc(N2CCC(NC(=O)OC(C)(C)C)CC2)cc1S(C)(=O)=O. The molecule has 1 aliphatic heterocycles. The van der Waals surface area contributed by atoms with Crippen molar-refractivity contribution in [3.63, 3.8) is 0 Å². The summed E-state index contributed by atoms with van der Waals surface area (Å²) >= 11 is 0. The standard InChI is InChI=1S/C19H28N2O6S/c1-19(2,3)27-18(23)20-13-8-10-21(11-9-13)14-6-7-15(17(22)26-4)16(12-14)28(5,24)25/h6-7,12-13H,8-11H2,1-5H3,(H,20,23). The molecule has 0 saturated carbocycles. The van der Waals surface area contributed by atoms with Gasteiger partial charge in [-0.05, 0) is 51.8 Å². The molecule has 1 aromatic rings.